The van der Waals surface area contributed by atoms with Crippen LogP contribution in [0, 0.1) is 0 Å². The first-order valence-electron chi connectivity index (χ1n) is 10.6. The van der Waals surface area contributed by atoms with Crippen LogP contribution in [0.2, 0.25) is 0 Å². The summed E-state index contributed by atoms with van der Waals surface area (Å²) in [5.41, 5.74) is 8.36. The largest absolute Gasteiger partial charge is 0.370 e. The summed E-state index contributed by atoms with van der Waals surface area (Å²) in [5.74, 6) is 1.51. The lowest BCUT2D eigenvalue weighted by Crippen LogP contribution is -2.33. The number of halogens is 1. The zero-order chi connectivity index (χ0) is 21.7. The molecule has 0 aliphatic carbocycles. The number of H-pyrrole nitrogens is 1. The van der Waals surface area contributed by atoms with Crippen molar-refractivity contribution in [2.45, 2.75) is 32.2 Å². The van der Waals surface area contributed by atoms with E-state index in [4.69, 9.17) is 5.73 Å². The van der Waals surface area contributed by atoms with Gasteiger partial charge in [0.2, 0.25) is 0 Å². The van der Waals surface area contributed by atoms with Gasteiger partial charge in [0, 0.05) is 48.7 Å². The average molecular weight is 484 g/mol. The van der Waals surface area contributed by atoms with Crippen LogP contribution in [-0.2, 0) is 13.0 Å². The molecule has 0 radical (unpaired) electrons. The van der Waals surface area contributed by atoms with E-state index in [1.165, 1.54) is 5.56 Å². The zero-order valence-corrected chi connectivity index (χ0v) is 19.3. The molecule has 1 aromatic carbocycles. The zero-order valence-electron chi connectivity index (χ0n) is 17.7. The van der Waals surface area contributed by atoms with Crippen LogP contribution in [0.15, 0.2) is 70.7 Å². The van der Waals surface area contributed by atoms with Gasteiger partial charge in [-0.15, -0.1) is 0 Å². The summed E-state index contributed by atoms with van der Waals surface area (Å²) in [5, 5.41) is 3.21. The van der Waals surface area contributed by atoms with E-state index in [1.807, 2.05) is 24.5 Å². The lowest BCUT2D eigenvalue weighted by molar-refractivity contribution is 0.664. The standard InChI is InChI=1S/C23H30BrN7/c24-20-10-8-19(9-11-20)17-31(22-7-1-2-12-27-22)15-4-3-13-28-23(25)29-14-5-6-21-16-26-18-30-21/h1-2,7-12,16,18H,3-6,13-15,17H2,(H,26,30)(H3,25,28,29). The van der Waals surface area contributed by atoms with E-state index in [1.54, 1.807) is 6.33 Å². The molecule has 0 aliphatic rings. The predicted molar refractivity (Wildman–Crippen MR) is 130 cm³/mol. The molecule has 164 valence electrons. The summed E-state index contributed by atoms with van der Waals surface area (Å²) in [4.78, 5) is 18.4. The monoisotopic (exact) mass is 483 g/mol. The average Bonchev–Trinajstić information content (AvgIpc) is 3.31. The van der Waals surface area contributed by atoms with Crippen molar-refractivity contribution in [3.8, 4) is 0 Å². The SMILES string of the molecule is NC(=NCCCc1cnc[nH]1)NCCCCN(Cc1ccc(Br)cc1)c1ccccn1. The van der Waals surface area contributed by atoms with Gasteiger partial charge in [-0.3, -0.25) is 4.99 Å². The first-order valence-corrected chi connectivity index (χ1v) is 11.4. The maximum atomic E-state index is 5.98. The molecule has 0 fully saturated rings. The van der Waals surface area contributed by atoms with E-state index in [9.17, 15) is 0 Å². The van der Waals surface area contributed by atoms with Crippen molar-refractivity contribution in [1.82, 2.24) is 20.3 Å². The van der Waals surface area contributed by atoms with Crippen LogP contribution < -0.4 is 16.0 Å². The number of guanidine groups is 1. The fourth-order valence-corrected chi connectivity index (χ4v) is 3.48. The van der Waals surface area contributed by atoms with E-state index in [-0.39, 0.29) is 0 Å². The fraction of sp³-hybridized carbons (Fsp3) is 0.348. The number of anilines is 1. The van der Waals surface area contributed by atoms with E-state index in [0.717, 1.165) is 61.3 Å². The number of aromatic nitrogens is 3. The van der Waals surface area contributed by atoms with Crippen molar-refractivity contribution in [2.24, 2.45) is 10.7 Å². The highest BCUT2D eigenvalue weighted by atomic mass is 79.9. The second-order valence-electron chi connectivity index (χ2n) is 7.32. The van der Waals surface area contributed by atoms with Crippen LogP contribution in [0.4, 0.5) is 5.82 Å². The number of aliphatic imine (C=N–C) groups is 1. The Hall–Kier alpha value is -2.87. The molecule has 0 bridgehead atoms. The predicted octanol–water partition coefficient (Wildman–Crippen LogP) is 3.89. The van der Waals surface area contributed by atoms with Crippen LogP contribution in [-0.4, -0.2) is 40.5 Å². The second kappa shape index (κ2) is 12.7. The van der Waals surface area contributed by atoms with Gasteiger partial charge in [0.25, 0.3) is 0 Å². The number of imidazole rings is 1. The molecule has 3 rings (SSSR count). The summed E-state index contributed by atoms with van der Waals surface area (Å²) in [6, 6.07) is 14.5. The minimum atomic E-state index is 0.515. The second-order valence-corrected chi connectivity index (χ2v) is 8.23. The van der Waals surface area contributed by atoms with Crippen LogP contribution in [0.5, 0.6) is 0 Å². The molecular formula is C23H30BrN7. The molecule has 0 saturated carbocycles. The van der Waals surface area contributed by atoms with Crippen molar-refractivity contribution in [2.75, 3.05) is 24.5 Å². The van der Waals surface area contributed by atoms with Crippen LogP contribution >= 0.6 is 15.9 Å². The van der Waals surface area contributed by atoms with Crippen LogP contribution in [0.25, 0.3) is 0 Å². The minimum absolute atomic E-state index is 0.515. The number of nitrogens with two attached hydrogens (primary N) is 1. The third kappa shape index (κ3) is 8.41. The molecule has 2 aromatic heterocycles. The minimum Gasteiger partial charge on any atom is -0.370 e. The Kier molecular flexibility index (Phi) is 9.37. The smallest absolute Gasteiger partial charge is 0.188 e. The van der Waals surface area contributed by atoms with Gasteiger partial charge in [-0.1, -0.05) is 34.1 Å². The highest BCUT2D eigenvalue weighted by molar-refractivity contribution is 9.10. The molecule has 0 unspecified atom stereocenters. The van der Waals surface area contributed by atoms with Gasteiger partial charge < -0.3 is 20.9 Å². The molecule has 8 heteroatoms. The van der Waals surface area contributed by atoms with Crippen molar-refractivity contribution >= 4 is 27.7 Å². The Bertz CT molecular complexity index is 895. The summed E-state index contributed by atoms with van der Waals surface area (Å²) >= 11 is 3.50. The van der Waals surface area contributed by atoms with E-state index < -0.39 is 0 Å². The van der Waals surface area contributed by atoms with Crippen molar-refractivity contribution in [1.29, 1.82) is 0 Å². The third-order valence-corrected chi connectivity index (χ3v) is 5.39. The number of aryl methyl sites for hydroxylation is 1. The molecule has 3 aromatic rings. The number of unbranched alkanes of at least 4 members (excludes halogenated alkanes) is 1. The van der Waals surface area contributed by atoms with Crippen LogP contribution in [0.3, 0.4) is 0 Å². The van der Waals surface area contributed by atoms with Crippen LogP contribution in [0.1, 0.15) is 30.5 Å². The number of rotatable bonds is 12. The third-order valence-electron chi connectivity index (χ3n) is 4.86. The molecule has 2 heterocycles. The van der Waals surface area contributed by atoms with E-state index in [0.29, 0.717) is 12.5 Å². The Labute approximate surface area is 192 Å². The number of pyridine rings is 1. The molecule has 31 heavy (non-hydrogen) atoms. The summed E-state index contributed by atoms with van der Waals surface area (Å²) in [6.07, 6.45) is 9.30. The summed E-state index contributed by atoms with van der Waals surface area (Å²) in [7, 11) is 0. The van der Waals surface area contributed by atoms with Crippen molar-refractivity contribution < 1.29 is 0 Å². The highest BCUT2D eigenvalue weighted by Gasteiger charge is 2.08. The van der Waals surface area contributed by atoms with Gasteiger partial charge in [-0.05, 0) is 55.5 Å². The molecular weight excluding hydrogens is 454 g/mol. The molecule has 4 N–H and O–H groups in total. The van der Waals surface area contributed by atoms with Gasteiger partial charge in [0.15, 0.2) is 5.96 Å². The maximum absolute atomic E-state index is 5.98. The summed E-state index contributed by atoms with van der Waals surface area (Å²) < 4.78 is 1.09. The molecule has 0 amide bonds. The van der Waals surface area contributed by atoms with Crippen molar-refractivity contribution in [3.63, 3.8) is 0 Å². The highest BCUT2D eigenvalue weighted by Crippen LogP contribution is 2.17. The van der Waals surface area contributed by atoms with Gasteiger partial charge in [0.05, 0.1) is 6.33 Å². The quantitative estimate of drug-likeness (QED) is 0.206. The number of hydrogen-bond acceptors (Lipinski definition) is 4. The van der Waals surface area contributed by atoms with E-state index >= 15 is 0 Å². The van der Waals surface area contributed by atoms with Crippen molar-refractivity contribution in [3.05, 3.63) is 76.9 Å². The molecule has 0 spiro atoms. The first-order chi connectivity index (χ1) is 15.2. The van der Waals surface area contributed by atoms with Gasteiger partial charge in [0.1, 0.15) is 5.82 Å². The Morgan fingerprint density at radius 1 is 1.13 bits per heavy atom. The first kappa shape index (κ1) is 22.8. The number of aromatic amines is 1. The fourth-order valence-electron chi connectivity index (χ4n) is 3.22. The molecule has 0 aliphatic heterocycles. The molecule has 0 atom stereocenters. The Morgan fingerprint density at radius 2 is 2.00 bits per heavy atom. The number of benzene rings is 1. The number of hydrogen-bond donors (Lipinski definition) is 3. The lowest BCUT2D eigenvalue weighted by atomic mass is 10.2. The van der Waals surface area contributed by atoms with Gasteiger partial charge in [-0.25, -0.2) is 9.97 Å². The van der Waals surface area contributed by atoms with Gasteiger partial charge in [-0.2, -0.15) is 0 Å². The summed E-state index contributed by atoms with van der Waals surface area (Å²) in [6.45, 7) is 3.27. The molecule has 0 saturated heterocycles. The van der Waals surface area contributed by atoms with E-state index in [2.05, 4.69) is 76.4 Å². The topological polar surface area (TPSA) is 95.2 Å². The molecule has 7 nitrogen and oxygen atoms in total. The number of nitrogens with one attached hydrogen (secondary N) is 2. The normalized spacial score (nSPS) is 11.5. The van der Waals surface area contributed by atoms with Gasteiger partial charge >= 0.3 is 0 Å². The maximum Gasteiger partial charge on any atom is 0.188 e. The Balaban J connectivity index is 1.38. The lowest BCUT2D eigenvalue weighted by Gasteiger charge is -2.24. The Morgan fingerprint density at radius 3 is 2.74 bits per heavy atom. The number of nitrogens with zero attached hydrogens (tertiary/aromatic N) is 4.